The number of aromatic nitrogens is 4. The van der Waals surface area contributed by atoms with Gasteiger partial charge in [0.25, 0.3) is 5.56 Å². The molecule has 0 aliphatic carbocycles. The van der Waals surface area contributed by atoms with Crippen LogP contribution in [0.4, 0.5) is 5.82 Å². The second-order valence-electron chi connectivity index (χ2n) is 6.93. The van der Waals surface area contributed by atoms with Crippen LogP contribution in [0, 0.1) is 6.92 Å². The number of thioether (sulfide) groups is 1. The molecule has 0 radical (unpaired) electrons. The molecule has 0 saturated heterocycles. The number of fused-ring (bicyclic) bond motifs is 1. The van der Waals surface area contributed by atoms with E-state index in [-0.39, 0.29) is 17.2 Å². The van der Waals surface area contributed by atoms with Crippen molar-refractivity contribution in [1.82, 2.24) is 19.3 Å². The van der Waals surface area contributed by atoms with E-state index in [4.69, 9.17) is 4.98 Å². The lowest BCUT2D eigenvalue weighted by molar-refractivity contribution is -0.113. The van der Waals surface area contributed by atoms with Gasteiger partial charge in [0.2, 0.25) is 5.91 Å². The van der Waals surface area contributed by atoms with Crippen molar-refractivity contribution in [2.45, 2.75) is 18.6 Å². The summed E-state index contributed by atoms with van der Waals surface area (Å²) in [5.74, 6) is 0.556. The van der Waals surface area contributed by atoms with Gasteiger partial charge in [0, 0.05) is 24.5 Å². The Balaban J connectivity index is 1.62. The van der Waals surface area contributed by atoms with Crippen molar-refractivity contribution in [3.63, 3.8) is 0 Å². The maximum atomic E-state index is 13.1. The Morgan fingerprint density at radius 2 is 2.06 bits per heavy atom. The Bertz CT molecular complexity index is 1320. The average Bonchev–Trinajstić information content (AvgIpc) is 3.32. The third-order valence-electron chi connectivity index (χ3n) is 4.59. The Kier molecular flexibility index (Phi) is 6.06. The van der Waals surface area contributed by atoms with Crippen molar-refractivity contribution in [3.05, 3.63) is 71.2 Å². The van der Waals surface area contributed by atoms with E-state index in [2.05, 4.69) is 17.0 Å². The molecule has 0 saturated carbocycles. The topological polar surface area (TPSA) is 81.8 Å². The molecule has 3 aromatic heterocycles. The molecule has 1 aromatic carbocycles. The minimum Gasteiger partial charge on any atom is -0.310 e. The predicted octanol–water partition coefficient (Wildman–Crippen LogP) is 4.08. The zero-order chi connectivity index (χ0) is 22.0. The Labute approximate surface area is 187 Å². The third-order valence-corrected chi connectivity index (χ3v) is 6.64. The van der Waals surface area contributed by atoms with Gasteiger partial charge >= 0.3 is 0 Å². The van der Waals surface area contributed by atoms with Crippen LogP contribution in [0.5, 0.6) is 0 Å². The first kappa shape index (κ1) is 21.1. The molecular formula is C22H21N5O2S2. The quantitative estimate of drug-likeness (QED) is 0.260. The summed E-state index contributed by atoms with van der Waals surface area (Å²) in [4.78, 5) is 31.9. The number of allylic oxidation sites excluding steroid dienone is 1. The molecule has 0 bridgehead atoms. The van der Waals surface area contributed by atoms with Crippen LogP contribution in [0.15, 0.2) is 65.1 Å². The van der Waals surface area contributed by atoms with Crippen molar-refractivity contribution in [2.75, 3.05) is 11.1 Å². The molecule has 0 atom stereocenters. The van der Waals surface area contributed by atoms with Crippen LogP contribution in [0.1, 0.15) is 5.69 Å². The predicted molar refractivity (Wildman–Crippen MR) is 127 cm³/mol. The van der Waals surface area contributed by atoms with E-state index in [0.717, 1.165) is 16.1 Å². The summed E-state index contributed by atoms with van der Waals surface area (Å²) in [6.45, 7) is 5.94. The number of aryl methyl sites for hydroxylation is 2. The fraction of sp³-hybridized carbons (Fsp3) is 0.182. The van der Waals surface area contributed by atoms with E-state index in [1.165, 1.54) is 23.1 Å². The van der Waals surface area contributed by atoms with Gasteiger partial charge in [-0.05, 0) is 18.6 Å². The fourth-order valence-electron chi connectivity index (χ4n) is 3.18. The number of carbonyl (C=O) groups is 1. The first-order valence-electron chi connectivity index (χ1n) is 9.60. The van der Waals surface area contributed by atoms with Gasteiger partial charge in [-0.2, -0.15) is 5.10 Å². The molecule has 7 nitrogen and oxygen atoms in total. The molecular weight excluding hydrogens is 430 g/mol. The molecule has 0 fully saturated rings. The molecule has 158 valence electrons. The van der Waals surface area contributed by atoms with E-state index in [1.54, 1.807) is 28.4 Å². The van der Waals surface area contributed by atoms with Crippen LogP contribution in [0.25, 0.3) is 20.7 Å². The number of rotatable bonds is 7. The number of hydrogen-bond acceptors (Lipinski definition) is 6. The van der Waals surface area contributed by atoms with Crippen LogP contribution in [-0.4, -0.2) is 31.0 Å². The number of carbonyl (C=O) groups excluding carboxylic acids is 1. The lowest BCUT2D eigenvalue weighted by atomic mass is 10.2. The minimum absolute atomic E-state index is 0.121. The zero-order valence-electron chi connectivity index (χ0n) is 17.2. The molecule has 0 aliphatic heterocycles. The molecule has 9 heteroatoms. The van der Waals surface area contributed by atoms with E-state index >= 15 is 0 Å². The summed E-state index contributed by atoms with van der Waals surface area (Å²) in [7, 11) is 1.77. The fourth-order valence-corrected chi connectivity index (χ4v) is 5.07. The molecule has 0 aliphatic rings. The van der Waals surface area contributed by atoms with Gasteiger partial charge in [-0.15, -0.1) is 17.9 Å². The third kappa shape index (κ3) is 4.47. The normalized spacial score (nSPS) is 11.0. The van der Waals surface area contributed by atoms with Crippen LogP contribution in [-0.2, 0) is 18.4 Å². The highest BCUT2D eigenvalue weighted by atomic mass is 32.2. The number of amides is 1. The van der Waals surface area contributed by atoms with E-state index in [1.807, 2.05) is 43.3 Å². The minimum atomic E-state index is -0.191. The highest BCUT2D eigenvalue weighted by Crippen LogP contribution is 2.32. The molecule has 0 spiro atoms. The lowest BCUT2D eigenvalue weighted by Crippen LogP contribution is -2.23. The van der Waals surface area contributed by atoms with Crippen LogP contribution in [0.2, 0.25) is 0 Å². The van der Waals surface area contributed by atoms with Gasteiger partial charge in [0.1, 0.15) is 10.6 Å². The molecule has 31 heavy (non-hydrogen) atoms. The highest BCUT2D eigenvalue weighted by Gasteiger charge is 2.16. The van der Waals surface area contributed by atoms with Gasteiger partial charge in [-0.1, -0.05) is 48.2 Å². The molecule has 0 unspecified atom stereocenters. The van der Waals surface area contributed by atoms with Crippen molar-refractivity contribution >= 4 is 45.0 Å². The van der Waals surface area contributed by atoms with Crippen molar-refractivity contribution < 1.29 is 4.79 Å². The molecule has 3 heterocycles. The van der Waals surface area contributed by atoms with Gasteiger partial charge in [-0.3, -0.25) is 18.8 Å². The molecule has 4 rings (SSSR count). The zero-order valence-corrected chi connectivity index (χ0v) is 18.8. The van der Waals surface area contributed by atoms with E-state index in [9.17, 15) is 9.59 Å². The number of hydrogen-bond donors (Lipinski definition) is 1. The van der Waals surface area contributed by atoms with E-state index < -0.39 is 0 Å². The number of thiophene rings is 1. The van der Waals surface area contributed by atoms with Crippen molar-refractivity contribution in [2.24, 2.45) is 7.05 Å². The summed E-state index contributed by atoms with van der Waals surface area (Å²) in [6, 6.07) is 13.6. The van der Waals surface area contributed by atoms with Crippen LogP contribution < -0.4 is 10.9 Å². The SMILES string of the molecule is C=CCn1c(SCC(=O)Nc2cc(C)nn2C)nc2sc(-c3ccccc3)cc2c1=O. The largest absolute Gasteiger partial charge is 0.310 e. The molecule has 1 N–H and O–H groups in total. The Hall–Kier alpha value is -3.17. The summed E-state index contributed by atoms with van der Waals surface area (Å²) >= 11 is 2.70. The second-order valence-corrected chi connectivity index (χ2v) is 8.90. The summed E-state index contributed by atoms with van der Waals surface area (Å²) in [5, 5.41) is 8.13. The maximum Gasteiger partial charge on any atom is 0.263 e. The van der Waals surface area contributed by atoms with Crippen LogP contribution >= 0.6 is 23.1 Å². The second kappa shape index (κ2) is 8.91. The molecule has 1 amide bonds. The Morgan fingerprint density at radius 3 is 2.74 bits per heavy atom. The number of anilines is 1. The maximum absolute atomic E-state index is 13.1. The summed E-state index contributed by atoms with van der Waals surface area (Å²) in [5.41, 5.74) is 1.73. The molecule has 4 aromatic rings. The summed E-state index contributed by atoms with van der Waals surface area (Å²) in [6.07, 6.45) is 1.65. The van der Waals surface area contributed by atoms with E-state index in [0.29, 0.717) is 27.7 Å². The first-order chi connectivity index (χ1) is 15.0. The monoisotopic (exact) mass is 451 g/mol. The lowest BCUT2D eigenvalue weighted by Gasteiger charge is -2.10. The van der Waals surface area contributed by atoms with Gasteiger partial charge in [0.15, 0.2) is 5.16 Å². The van der Waals surface area contributed by atoms with Crippen molar-refractivity contribution in [1.29, 1.82) is 0 Å². The van der Waals surface area contributed by atoms with Gasteiger partial charge in [-0.25, -0.2) is 4.98 Å². The number of benzene rings is 1. The Morgan fingerprint density at radius 1 is 1.29 bits per heavy atom. The first-order valence-corrected chi connectivity index (χ1v) is 11.4. The summed E-state index contributed by atoms with van der Waals surface area (Å²) < 4.78 is 3.18. The smallest absolute Gasteiger partial charge is 0.263 e. The van der Waals surface area contributed by atoms with Gasteiger partial charge in [0.05, 0.1) is 16.8 Å². The van der Waals surface area contributed by atoms with Gasteiger partial charge < -0.3 is 5.32 Å². The average molecular weight is 452 g/mol. The number of nitrogens with zero attached hydrogens (tertiary/aromatic N) is 4. The van der Waals surface area contributed by atoms with Crippen molar-refractivity contribution in [3.8, 4) is 10.4 Å². The van der Waals surface area contributed by atoms with Crippen LogP contribution in [0.3, 0.4) is 0 Å². The standard InChI is InChI=1S/C22H21N5O2S2/c1-4-10-27-21(29)16-12-17(15-8-6-5-7-9-15)31-20(16)24-22(27)30-13-19(28)23-18-11-14(2)25-26(18)3/h4-9,11-12H,1,10,13H2,2-3H3,(H,23,28). The number of nitrogens with one attached hydrogen (secondary N) is 1. The highest BCUT2D eigenvalue weighted by molar-refractivity contribution is 7.99.